The molecule has 2 aromatic rings. The molecule has 8 nitrogen and oxygen atoms in total. The maximum atomic E-state index is 12.6. The van der Waals surface area contributed by atoms with Crippen LogP contribution < -0.4 is 4.90 Å². The molecule has 0 saturated carbocycles. The number of amides is 1. The molecule has 0 N–H and O–H groups in total. The van der Waals surface area contributed by atoms with Crippen molar-refractivity contribution in [3.8, 4) is 0 Å². The summed E-state index contributed by atoms with van der Waals surface area (Å²) < 4.78 is 5.41. The minimum Gasteiger partial charge on any atom is -0.444 e. The van der Waals surface area contributed by atoms with Crippen molar-refractivity contribution >= 4 is 23.3 Å². The van der Waals surface area contributed by atoms with E-state index in [1.165, 1.54) is 17.0 Å². The van der Waals surface area contributed by atoms with Crippen LogP contribution in [0.1, 0.15) is 22.0 Å². The van der Waals surface area contributed by atoms with Crippen molar-refractivity contribution in [2.75, 3.05) is 33.1 Å². The number of ether oxygens (including phenoxy) is 1. The molecule has 2 rings (SSSR count). The lowest BCUT2D eigenvalue weighted by molar-refractivity contribution is -0.384. The fourth-order valence-corrected chi connectivity index (χ4v) is 2.47. The van der Waals surface area contributed by atoms with E-state index in [-0.39, 0.29) is 11.3 Å². The summed E-state index contributed by atoms with van der Waals surface area (Å²) in [6.07, 6.45) is -1.14. The molecule has 1 atom stereocenters. The maximum Gasteiger partial charge on any atom is 0.339 e. The van der Waals surface area contributed by atoms with Gasteiger partial charge >= 0.3 is 5.97 Å². The number of carbonyl (C=O) groups is 2. The number of benzene rings is 2. The highest BCUT2D eigenvalue weighted by Crippen LogP contribution is 2.29. The van der Waals surface area contributed by atoms with Gasteiger partial charge in [-0.1, -0.05) is 30.3 Å². The molecule has 0 unspecified atom stereocenters. The molecule has 0 saturated heterocycles. The Bertz CT molecular complexity index is 850. The normalized spacial score (nSPS) is 11.4. The van der Waals surface area contributed by atoms with Gasteiger partial charge in [0.05, 0.1) is 10.5 Å². The number of likely N-dealkylation sites (N-methyl/N-ethyl adjacent to an activating group) is 1. The Morgan fingerprint density at radius 2 is 1.67 bits per heavy atom. The van der Waals surface area contributed by atoms with Crippen molar-refractivity contribution in [3.63, 3.8) is 0 Å². The Morgan fingerprint density at radius 1 is 1.04 bits per heavy atom. The van der Waals surface area contributed by atoms with Crippen molar-refractivity contribution in [1.29, 1.82) is 0 Å². The molecular weight excluding hydrogens is 350 g/mol. The van der Waals surface area contributed by atoms with Crippen LogP contribution in [0.25, 0.3) is 0 Å². The lowest BCUT2D eigenvalue weighted by Gasteiger charge is -2.21. The van der Waals surface area contributed by atoms with Gasteiger partial charge in [0.25, 0.3) is 11.6 Å². The van der Waals surface area contributed by atoms with Crippen molar-refractivity contribution in [2.24, 2.45) is 0 Å². The van der Waals surface area contributed by atoms with Gasteiger partial charge < -0.3 is 14.5 Å². The molecular formula is C19H21N3O5. The number of esters is 1. The molecule has 0 aliphatic heterocycles. The molecule has 0 bridgehead atoms. The van der Waals surface area contributed by atoms with Crippen LogP contribution in [0.5, 0.6) is 0 Å². The van der Waals surface area contributed by atoms with Crippen LogP contribution in [-0.4, -0.2) is 49.9 Å². The topological polar surface area (TPSA) is 93.0 Å². The standard InChI is InChI=1S/C19H21N3O5/c1-20(2)15-11-10-14(12-16(15)22(25)26)19(24)27-17(18(23)21(3)4)13-8-6-5-7-9-13/h5-12,17H,1-4H3/t17-/m0/s1. The Morgan fingerprint density at radius 3 is 2.19 bits per heavy atom. The average molecular weight is 371 g/mol. The molecule has 0 spiro atoms. The van der Waals surface area contributed by atoms with E-state index in [4.69, 9.17) is 4.74 Å². The third-order valence-corrected chi connectivity index (χ3v) is 3.88. The van der Waals surface area contributed by atoms with Gasteiger partial charge in [-0.05, 0) is 12.1 Å². The summed E-state index contributed by atoms with van der Waals surface area (Å²) in [6, 6.07) is 12.7. The van der Waals surface area contributed by atoms with Gasteiger partial charge in [-0.25, -0.2) is 4.79 Å². The van der Waals surface area contributed by atoms with E-state index in [0.29, 0.717) is 11.3 Å². The first-order chi connectivity index (χ1) is 12.7. The molecule has 142 valence electrons. The number of carbonyl (C=O) groups excluding carboxylic acids is 2. The van der Waals surface area contributed by atoms with E-state index < -0.39 is 22.9 Å². The number of hydrogen-bond acceptors (Lipinski definition) is 6. The molecule has 0 radical (unpaired) electrons. The third-order valence-electron chi connectivity index (χ3n) is 3.88. The fraction of sp³-hybridized carbons (Fsp3) is 0.263. The van der Waals surface area contributed by atoms with Crippen molar-refractivity contribution < 1.29 is 19.2 Å². The number of nitrogens with zero attached hydrogens (tertiary/aromatic N) is 3. The summed E-state index contributed by atoms with van der Waals surface area (Å²) in [5, 5.41) is 11.3. The van der Waals surface area contributed by atoms with Gasteiger partial charge in [-0.15, -0.1) is 0 Å². The molecule has 0 aliphatic rings. The zero-order chi connectivity index (χ0) is 20.1. The van der Waals surface area contributed by atoms with Gasteiger partial charge in [0.15, 0.2) is 0 Å². The highest BCUT2D eigenvalue weighted by atomic mass is 16.6. The first-order valence-electron chi connectivity index (χ1n) is 8.15. The summed E-state index contributed by atoms with van der Waals surface area (Å²) in [5.74, 6) is -1.22. The predicted octanol–water partition coefficient (Wildman–Crippen LogP) is 2.65. The van der Waals surface area contributed by atoms with E-state index >= 15 is 0 Å². The SMILES string of the molecule is CN(C)C(=O)[C@@H](OC(=O)c1ccc(N(C)C)c([N+](=O)[O-])c1)c1ccccc1. The quantitative estimate of drug-likeness (QED) is 0.440. The molecule has 0 aliphatic carbocycles. The molecule has 0 heterocycles. The molecule has 8 heteroatoms. The molecule has 0 fully saturated rings. The molecule has 27 heavy (non-hydrogen) atoms. The minimum absolute atomic E-state index is 0.000197. The number of rotatable bonds is 6. The molecule has 0 aromatic heterocycles. The second-order valence-electron chi connectivity index (χ2n) is 6.28. The Kier molecular flexibility index (Phi) is 6.12. The van der Waals surface area contributed by atoms with Crippen LogP contribution in [-0.2, 0) is 9.53 Å². The van der Waals surface area contributed by atoms with Crippen molar-refractivity contribution in [3.05, 3.63) is 69.8 Å². The monoisotopic (exact) mass is 371 g/mol. The van der Waals surface area contributed by atoms with E-state index in [0.717, 1.165) is 6.07 Å². The van der Waals surface area contributed by atoms with Crippen LogP contribution in [0.15, 0.2) is 48.5 Å². The molecule has 1 amide bonds. The van der Waals surface area contributed by atoms with E-state index in [2.05, 4.69) is 0 Å². The van der Waals surface area contributed by atoms with Gasteiger partial charge in [-0.2, -0.15) is 0 Å². The average Bonchev–Trinajstić information content (AvgIpc) is 2.65. The van der Waals surface area contributed by atoms with E-state index in [1.807, 2.05) is 0 Å². The van der Waals surface area contributed by atoms with Crippen LogP contribution in [0.3, 0.4) is 0 Å². The van der Waals surface area contributed by atoms with E-state index in [1.54, 1.807) is 63.4 Å². The highest BCUT2D eigenvalue weighted by Gasteiger charge is 2.28. The Balaban J connectivity index is 2.36. The Labute approximate surface area is 157 Å². The summed E-state index contributed by atoms with van der Waals surface area (Å²) in [4.78, 5) is 38.7. The van der Waals surface area contributed by atoms with Gasteiger partial charge in [-0.3, -0.25) is 14.9 Å². The molecule has 2 aromatic carbocycles. The fourth-order valence-electron chi connectivity index (χ4n) is 2.47. The predicted molar refractivity (Wildman–Crippen MR) is 101 cm³/mol. The summed E-state index contributed by atoms with van der Waals surface area (Å²) in [7, 11) is 6.45. The highest BCUT2D eigenvalue weighted by molar-refractivity contribution is 5.94. The van der Waals surface area contributed by atoms with Crippen LogP contribution in [0.2, 0.25) is 0 Å². The first-order valence-corrected chi connectivity index (χ1v) is 8.15. The summed E-state index contributed by atoms with van der Waals surface area (Å²) in [6.45, 7) is 0. The zero-order valence-corrected chi connectivity index (χ0v) is 15.6. The van der Waals surface area contributed by atoms with Gasteiger partial charge in [0.2, 0.25) is 6.10 Å². The number of nitro groups is 1. The van der Waals surface area contributed by atoms with Crippen LogP contribution in [0.4, 0.5) is 11.4 Å². The first kappa shape index (κ1) is 19.9. The number of anilines is 1. The van der Waals surface area contributed by atoms with E-state index in [9.17, 15) is 19.7 Å². The maximum absolute atomic E-state index is 12.6. The minimum atomic E-state index is -1.14. The zero-order valence-electron chi connectivity index (χ0n) is 15.6. The van der Waals surface area contributed by atoms with Crippen LogP contribution in [0, 0.1) is 10.1 Å². The Hall–Kier alpha value is -3.42. The second-order valence-corrected chi connectivity index (χ2v) is 6.28. The van der Waals surface area contributed by atoms with Crippen molar-refractivity contribution in [1.82, 2.24) is 4.90 Å². The number of nitro benzene ring substituents is 1. The summed E-state index contributed by atoms with van der Waals surface area (Å²) in [5.41, 5.74) is 0.661. The van der Waals surface area contributed by atoms with Gasteiger partial charge in [0, 0.05) is 39.8 Å². The van der Waals surface area contributed by atoms with Crippen molar-refractivity contribution in [2.45, 2.75) is 6.10 Å². The number of hydrogen-bond donors (Lipinski definition) is 0. The lowest BCUT2D eigenvalue weighted by atomic mass is 10.1. The largest absolute Gasteiger partial charge is 0.444 e. The van der Waals surface area contributed by atoms with Gasteiger partial charge in [0.1, 0.15) is 5.69 Å². The second kappa shape index (κ2) is 8.31. The lowest BCUT2D eigenvalue weighted by Crippen LogP contribution is -2.31. The summed E-state index contributed by atoms with van der Waals surface area (Å²) >= 11 is 0. The smallest absolute Gasteiger partial charge is 0.339 e. The van der Waals surface area contributed by atoms with Crippen LogP contribution >= 0.6 is 0 Å². The third kappa shape index (κ3) is 4.60.